The average Bonchev–Trinajstić information content (AvgIpc) is 2.73. The zero-order valence-corrected chi connectivity index (χ0v) is 15.9. The van der Waals surface area contributed by atoms with Crippen molar-refractivity contribution in [3.05, 3.63) is 95.3 Å². The van der Waals surface area contributed by atoms with E-state index in [0.29, 0.717) is 12.3 Å². The van der Waals surface area contributed by atoms with Crippen LogP contribution in [0.5, 0.6) is 5.75 Å². The Balaban J connectivity index is 1.55. The first-order valence-electron chi connectivity index (χ1n) is 9.12. The molecule has 5 nitrogen and oxygen atoms in total. The summed E-state index contributed by atoms with van der Waals surface area (Å²) >= 11 is 0. The molecular formula is C23H21FN2O3. The van der Waals surface area contributed by atoms with Crippen LogP contribution < -0.4 is 15.4 Å². The third kappa shape index (κ3) is 5.90. The van der Waals surface area contributed by atoms with Gasteiger partial charge in [0.2, 0.25) is 5.91 Å². The number of hydrogen-bond acceptors (Lipinski definition) is 3. The van der Waals surface area contributed by atoms with Gasteiger partial charge in [-0.3, -0.25) is 9.59 Å². The molecule has 0 atom stereocenters. The Labute approximate surface area is 168 Å². The van der Waals surface area contributed by atoms with Crippen molar-refractivity contribution in [2.45, 2.75) is 20.1 Å². The highest BCUT2D eigenvalue weighted by atomic mass is 19.1. The Morgan fingerprint density at radius 2 is 1.62 bits per heavy atom. The maximum absolute atomic E-state index is 14.0. The van der Waals surface area contributed by atoms with E-state index < -0.39 is 11.7 Å². The lowest BCUT2D eigenvalue weighted by Crippen LogP contribution is -2.24. The molecule has 0 saturated heterocycles. The van der Waals surface area contributed by atoms with Crippen LogP contribution in [-0.2, 0) is 17.9 Å². The number of amides is 2. The maximum atomic E-state index is 14.0. The lowest BCUT2D eigenvalue weighted by molar-refractivity contribution is -0.114. The number of anilines is 1. The highest BCUT2D eigenvalue weighted by molar-refractivity contribution is 5.97. The zero-order valence-electron chi connectivity index (χ0n) is 15.9. The number of benzene rings is 3. The second-order valence-corrected chi connectivity index (χ2v) is 6.48. The summed E-state index contributed by atoms with van der Waals surface area (Å²) in [6.45, 7) is 2.04. The quantitative estimate of drug-likeness (QED) is 0.630. The molecule has 3 rings (SSSR count). The van der Waals surface area contributed by atoms with E-state index >= 15 is 0 Å². The second-order valence-electron chi connectivity index (χ2n) is 6.48. The van der Waals surface area contributed by atoms with E-state index in [0.717, 1.165) is 22.9 Å². The number of rotatable bonds is 7. The molecule has 0 aliphatic heterocycles. The lowest BCUT2D eigenvalue weighted by Gasteiger charge is -2.10. The zero-order chi connectivity index (χ0) is 20.6. The molecule has 6 heteroatoms. The van der Waals surface area contributed by atoms with Crippen LogP contribution in [-0.4, -0.2) is 11.8 Å². The Morgan fingerprint density at radius 3 is 2.31 bits per heavy atom. The minimum atomic E-state index is -0.648. The topological polar surface area (TPSA) is 67.4 Å². The monoisotopic (exact) mass is 392 g/mol. The van der Waals surface area contributed by atoms with E-state index in [1.807, 2.05) is 54.6 Å². The minimum Gasteiger partial charge on any atom is -0.489 e. The fraction of sp³-hybridized carbons (Fsp3) is 0.130. The lowest BCUT2D eigenvalue weighted by atomic mass is 10.1. The molecule has 0 radical (unpaired) electrons. The van der Waals surface area contributed by atoms with E-state index in [2.05, 4.69) is 10.6 Å². The van der Waals surface area contributed by atoms with E-state index in [1.165, 1.54) is 19.1 Å². The van der Waals surface area contributed by atoms with Gasteiger partial charge in [0.25, 0.3) is 5.91 Å². The van der Waals surface area contributed by atoms with Crippen molar-refractivity contribution in [2.24, 2.45) is 0 Å². The molecule has 3 aromatic rings. The van der Waals surface area contributed by atoms with Crippen molar-refractivity contribution in [1.29, 1.82) is 0 Å². The van der Waals surface area contributed by atoms with E-state index in [1.54, 1.807) is 0 Å². The van der Waals surface area contributed by atoms with Crippen molar-refractivity contribution in [3.8, 4) is 5.75 Å². The molecular weight excluding hydrogens is 371 g/mol. The number of carbonyl (C=O) groups excluding carboxylic acids is 2. The van der Waals surface area contributed by atoms with Gasteiger partial charge < -0.3 is 15.4 Å². The number of para-hydroxylation sites is 1. The van der Waals surface area contributed by atoms with Crippen molar-refractivity contribution in [3.63, 3.8) is 0 Å². The first-order valence-corrected chi connectivity index (χ1v) is 9.12. The summed E-state index contributed by atoms with van der Waals surface area (Å²) in [6.07, 6.45) is 0. The van der Waals surface area contributed by atoms with Crippen LogP contribution >= 0.6 is 0 Å². The number of halogens is 1. The third-order valence-corrected chi connectivity index (χ3v) is 4.16. The van der Waals surface area contributed by atoms with E-state index in [-0.39, 0.29) is 18.0 Å². The van der Waals surface area contributed by atoms with Gasteiger partial charge in [0.15, 0.2) is 0 Å². The molecule has 0 fully saturated rings. The second kappa shape index (κ2) is 9.50. The van der Waals surface area contributed by atoms with Gasteiger partial charge in [0.05, 0.1) is 5.56 Å². The molecule has 2 amide bonds. The summed E-state index contributed by atoms with van der Waals surface area (Å²) in [5, 5.41) is 5.22. The van der Waals surface area contributed by atoms with Crippen molar-refractivity contribution < 1.29 is 18.7 Å². The van der Waals surface area contributed by atoms with Gasteiger partial charge in [-0.25, -0.2) is 4.39 Å². The summed E-state index contributed by atoms with van der Waals surface area (Å²) < 4.78 is 19.7. The van der Waals surface area contributed by atoms with Crippen molar-refractivity contribution >= 4 is 17.5 Å². The van der Waals surface area contributed by atoms with Crippen LogP contribution in [0.15, 0.2) is 72.8 Å². The molecule has 0 bridgehead atoms. The van der Waals surface area contributed by atoms with Crippen molar-refractivity contribution in [1.82, 2.24) is 5.32 Å². The van der Waals surface area contributed by atoms with Gasteiger partial charge in [-0.05, 0) is 41.5 Å². The summed E-state index contributed by atoms with van der Waals surface area (Å²) in [5.74, 6) is -0.692. The van der Waals surface area contributed by atoms with Crippen molar-refractivity contribution in [2.75, 3.05) is 5.32 Å². The van der Waals surface area contributed by atoms with Crippen LogP contribution in [0.25, 0.3) is 0 Å². The number of carbonyl (C=O) groups is 2. The Hall–Kier alpha value is -3.67. The van der Waals surface area contributed by atoms with E-state index in [4.69, 9.17) is 4.74 Å². The largest absolute Gasteiger partial charge is 0.489 e. The van der Waals surface area contributed by atoms with Gasteiger partial charge in [-0.1, -0.05) is 42.5 Å². The normalized spacial score (nSPS) is 10.3. The standard InChI is InChI=1S/C23H21FN2O3/c1-16(27)26-19-11-12-22(24)21(13-19)23(28)25-14-17-7-9-18(10-8-17)15-29-20-5-3-2-4-6-20/h2-13H,14-15H2,1H3,(H,25,28)(H,26,27). The predicted octanol–water partition coefficient (Wildman–Crippen LogP) is 4.29. The fourth-order valence-corrected chi connectivity index (χ4v) is 2.69. The highest BCUT2D eigenvalue weighted by Gasteiger charge is 2.13. The first kappa shape index (κ1) is 20.1. The van der Waals surface area contributed by atoms with Gasteiger partial charge in [-0.2, -0.15) is 0 Å². The summed E-state index contributed by atoms with van der Waals surface area (Å²) in [4.78, 5) is 23.4. The summed E-state index contributed by atoms with van der Waals surface area (Å²) in [5.41, 5.74) is 2.12. The van der Waals surface area contributed by atoms with Gasteiger partial charge in [0.1, 0.15) is 18.2 Å². The van der Waals surface area contributed by atoms with Crippen LogP contribution in [0.1, 0.15) is 28.4 Å². The Morgan fingerprint density at radius 1 is 0.931 bits per heavy atom. The molecule has 0 aliphatic rings. The highest BCUT2D eigenvalue weighted by Crippen LogP contribution is 2.16. The smallest absolute Gasteiger partial charge is 0.254 e. The number of ether oxygens (including phenoxy) is 1. The predicted molar refractivity (Wildman–Crippen MR) is 109 cm³/mol. The molecule has 3 aromatic carbocycles. The first-order chi connectivity index (χ1) is 14.0. The molecule has 29 heavy (non-hydrogen) atoms. The maximum Gasteiger partial charge on any atom is 0.254 e. The summed E-state index contributed by atoms with van der Waals surface area (Å²) in [6, 6.07) is 21.0. The molecule has 0 heterocycles. The summed E-state index contributed by atoms with van der Waals surface area (Å²) in [7, 11) is 0. The molecule has 0 saturated carbocycles. The Kier molecular flexibility index (Phi) is 6.58. The molecule has 0 aliphatic carbocycles. The van der Waals surface area contributed by atoms with Gasteiger partial charge >= 0.3 is 0 Å². The number of hydrogen-bond donors (Lipinski definition) is 2. The van der Waals surface area contributed by atoms with Crippen LogP contribution in [0.2, 0.25) is 0 Å². The molecule has 0 unspecified atom stereocenters. The molecule has 2 N–H and O–H groups in total. The van der Waals surface area contributed by atoms with Gasteiger partial charge in [0, 0.05) is 19.2 Å². The molecule has 0 spiro atoms. The number of nitrogens with one attached hydrogen (secondary N) is 2. The SMILES string of the molecule is CC(=O)Nc1ccc(F)c(C(=O)NCc2ccc(COc3ccccc3)cc2)c1. The fourth-order valence-electron chi connectivity index (χ4n) is 2.69. The Bertz CT molecular complexity index is 989. The third-order valence-electron chi connectivity index (χ3n) is 4.16. The average molecular weight is 392 g/mol. The molecule has 0 aromatic heterocycles. The molecule has 148 valence electrons. The van der Waals surface area contributed by atoms with Crippen LogP contribution in [0, 0.1) is 5.82 Å². The van der Waals surface area contributed by atoms with Gasteiger partial charge in [-0.15, -0.1) is 0 Å². The van der Waals surface area contributed by atoms with Crippen LogP contribution in [0.4, 0.5) is 10.1 Å². The minimum absolute atomic E-state index is 0.121. The van der Waals surface area contributed by atoms with E-state index in [9.17, 15) is 14.0 Å². The van der Waals surface area contributed by atoms with Crippen LogP contribution in [0.3, 0.4) is 0 Å².